The van der Waals surface area contributed by atoms with Crippen molar-refractivity contribution < 1.29 is 19.2 Å². The quantitative estimate of drug-likeness (QED) is 0.815. The minimum Gasteiger partial charge on any atom is -0.483 e. The first-order valence-corrected chi connectivity index (χ1v) is 10.0. The highest BCUT2D eigenvalue weighted by molar-refractivity contribution is 5.86. The van der Waals surface area contributed by atoms with Gasteiger partial charge >= 0.3 is 0 Å². The number of hydrogen-bond donors (Lipinski definition) is 1. The molecule has 2 aliphatic rings. The topological polar surface area (TPSA) is 86.9 Å². The van der Waals surface area contributed by atoms with Crippen molar-refractivity contribution in [1.82, 2.24) is 15.0 Å². The number of hydrogen-bond acceptors (Lipinski definition) is 5. The van der Waals surface area contributed by atoms with Crippen LogP contribution in [0.4, 0.5) is 0 Å². The summed E-state index contributed by atoms with van der Waals surface area (Å²) in [4.78, 5) is 25.6. The third-order valence-corrected chi connectivity index (χ3v) is 6.03. The molecule has 1 unspecified atom stereocenters. The number of carboxylic acid groups (broad SMARTS) is 1. The van der Waals surface area contributed by atoms with Gasteiger partial charge in [-0.15, -0.1) is 0 Å². The van der Waals surface area contributed by atoms with Crippen LogP contribution >= 0.6 is 0 Å². The van der Waals surface area contributed by atoms with E-state index >= 15 is 0 Å². The molecule has 2 aliphatic heterocycles. The normalized spacial score (nSPS) is 21.2. The Hall–Kier alpha value is -2.41. The van der Waals surface area contributed by atoms with E-state index in [0.29, 0.717) is 12.5 Å². The van der Waals surface area contributed by atoms with Crippen LogP contribution < -0.4 is 0 Å². The Bertz CT molecular complexity index is 783. The second-order valence-electron chi connectivity index (χ2n) is 7.67. The van der Waals surface area contributed by atoms with Crippen molar-refractivity contribution in [2.45, 2.75) is 44.6 Å². The molecule has 1 N–H and O–H groups in total. The number of benzene rings is 1. The summed E-state index contributed by atoms with van der Waals surface area (Å²) >= 11 is 0. The van der Waals surface area contributed by atoms with Crippen LogP contribution in [0.5, 0.6) is 0 Å². The van der Waals surface area contributed by atoms with Crippen molar-refractivity contribution in [3.05, 3.63) is 30.0 Å². The first-order chi connectivity index (χ1) is 13.6. The largest absolute Gasteiger partial charge is 0.483 e. The predicted octanol–water partition coefficient (Wildman–Crippen LogP) is 2.79. The van der Waals surface area contributed by atoms with Crippen LogP contribution in [-0.4, -0.2) is 65.2 Å². The average Bonchev–Trinajstić information content (AvgIpc) is 3.12. The molecular weight excluding hydrogens is 358 g/mol. The molecular formula is C21H29N3O4. The number of fused-ring (bicyclic) bond motifs is 1. The molecule has 0 spiro atoms. The van der Waals surface area contributed by atoms with Crippen LogP contribution in [0.2, 0.25) is 0 Å². The van der Waals surface area contributed by atoms with Crippen LogP contribution in [0.15, 0.2) is 28.8 Å². The zero-order valence-electron chi connectivity index (χ0n) is 16.4. The molecule has 0 saturated carbocycles. The van der Waals surface area contributed by atoms with Gasteiger partial charge in [0.05, 0.1) is 6.42 Å². The van der Waals surface area contributed by atoms with Gasteiger partial charge in [-0.25, -0.2) is 0 Å². The molecule has 2 fully saturated rings. The van der Waals surface area contributed by atoms with Crippen molar-refractivity contribution >= 4 is 23.3 Å². The summed E-state index contributed by atoms with van der Waals surface area (Å²) in [7, 11) is 2.26. The third kappa shape index (κ3) is 4.70. The predicted molar refractivity (Wildman–Crippen MR) is 106 cm³/mol. The SMILES string of the molecule is CN1CCCCC1C1CCN(C(=O)Cc2noc3ccccc23)CC1.O=CO. The highest BCUT2D eigenvalue weighted by Gasteiger charge is 2.32. The standard InChI is InChI=1S/C20H27N3O2.CH2O2/c1-22-11-5-4-7-18(22)15-9-12-23(13-10-15)20(24)14-17-16-6-2-3-8-19(16)25-21-17;2-1-3/h2-3,6,8,15,18H,4-5,7,9-14H2,1H3;1H,(H,2,3). The van der Waals surface area contributed by atoms with Crippen LogP contribution in [0, 0.1) is 5.92 Å². The zero-order valence-corrected chi connectivity index (χ0v) is 16.4. The lowest BCUT2D eigenvalue weighted by molar-refractivity contribution is -0.132. The van der Waals surface area contributed by atoms with Crippen LogP contribution in [0.25, 0.3) is 11.0 Å². The maximum Gasteiger partial charge on any atom is 0.290 e. The summed E-state index contributed by atoms with van der Waals surface area (Å²) in [6.45, 7) is 2.73. The van der Waals surface area contributed by atoms with Crippen molar-refractivity contribution in [2.75, 3.05) is 26.7 Å². The summed E-state index contributed by atoms with van der Waals surface area (Å²) in [6, 6.07) is 8.46. The van der Waals surface area contributed by atoms with Crippen molar-refractivity contribution in [1.29, 1.82) is 0 Å². The first kappa shape index (κ1) is 20.3. The van der Waals surface area contributed by atoms with Crippen LogP contribution in [0.1, 0.15) is 37.8 Å². The molecule has 3 heterocycles. The van der Waals surface area contributed by atoms with E-state index in [0.717, 1.165) is 48.5 Å². The minimum absolute atomic E-state index is 0.175. The number of carbonyl (C=O) groups is 2. The van der Waals surface area contributed by atoms with Crippen molar-refractivity contribution in [2.24, 2.45) is 5.92 Å². The Morgan fingerprint density at radius 1 is 1.21 bits per heavy atom. The van der Waals surface area contributed by atoms with Gasteiger partial charge in [-0.1, -0.05) is 23.7 Å². The van der Waals surface area contributed by atoms with E-state index in [1.54, 1.807) is 0 Å². The Morgan fingerprint density at radius 3 is 2.64 bits per heavy atom. The first-order valence-electron chi connectivity index (χ1n) is 10.0. The van der Waals surface area contributed by atoms with Gasteiger partial charge in [-0.05, 0) is 57.3 Å². The Kier molecular flexibility index (Phi) is 7.03. The van der Waals surface area contributed by atoms with Crippen LogP contribution in [0.3, 0.4) is 0 Å². The summed E-state index contributed by atoms with van der Waals surface area (Å²) in [6.07, 6.45) is 6.59. The van der Waals surface area contributed by atoms with Crippen molar-refractivity contribution in [3.63, 3.8) is 0 Å². The summed E-state index contributed by atoms with van der Waals surface area (Å²) in [5.41, 5.74) is 1.51. The molecule has 7 heteroatoms. The van der Waals surface area contributed by atoms with E-state index in [9.17, 15) is 4.79 Å². The molecule has 1 aromatic heterocycles. The second-order valence-corrected chi connectivity index (χ2v) is 7.67. The number of amides is 1. The highest BCUT2D eigenvalue weighted by atomic mass is 16.5. The molecule has 2 aromatic rings. The van der Waals surface area contributed by atoms with E-state index in [1.165, 1.54) is 25.8 Å². The lowest BCUT2D eigenvalue weighted by Gasteiger charge is -2.42. The van der Waals surface area contributed by atoms with E-state index in [2.05, 4.69) is 17.1 Å². The van der Waals surface area contributed by atoms with Gasteiger partial charge in [0.25, 0.3) is 6.47 Å². The molecule has 7 nitrogen and oxygen atoms in total. The van der Waals surface area contributed by atoms with E-state index < -0.39 is 0 Å². The maximum atomic E-state index is 12.7. The van der Waals surface area contributed by atoms with Gasteiger partial charge in [-0.2, -0.15) is 0 Å². The smallest absolute Gasteiger partial charge is 0.290 e. The van der Waals surface area contributed by atoms with Crippen LogP contribution in [-0.2, 0) is 16.0 Å². The second kappa shape index (κ2) is 9.68. The van der Waals surface area contributed by atoms with E-state index in [-0.39, 0.29) is 12.4 Å². The number of rotatable bonds is 3. The summed E-state index contributed by atoms with van der Waals surface area (Å²) < 4.78 is 5.32. The zero-order chi connectivity index (χ0) is 19.9. The Balaban J connectivity index is 0.000000706. The number of carbonyl (C=O) groups excluding carboxylic acids is 1. The average molecular weight is 387 g/mol. The van der Waals surface area contributed by atoms with Crippen molar-refractivity contribution in [3.8, 4) is 0 Å². The lowest BCUT2D eigenvalue weighted by atomic mass is 9.84. The van der Waals surface area contributed by atoms with E-state index in [4.69, 9.17) is 14.4 Å². The molecule has 152 valence electrons. The molecule has 1 amide bonds. The fourth-order valence-corrected chi connectivity index (χ4v) is 4.55. The number of likely N-dealkylation sites (tertiary alicyclic amines) is 2. The summed E-state index contributed by atoms with van der Waals surface area (Å²) in [5, 5.41) is 11.9. The monoisotopic (exact) mass is 387 g/mol. The van der Waals surface area contributed by atoms with Gasteiger partial charge in [0, 0.05) is 24.5 Å². The molecule has 0 bridgehead atoms. The van der Waals surface area contributed by atoms with Gasteiger partial charge < -0.3 is 19.4 Å². The van der Waals surface area contributed by atoms with Gasteiger partial charge in [0.2, 0.25) is 5.91 Å². The molecule has 0 aliphatic carbocycles. The molecule has 0 radical (unpaired) electrons. The number of piperidine rings is 2. The Morgan fingerprint density at radius 2 is 1.93 bits per heavy atom. The molecule has 4 rings (SSSR count). The summed E-state index contributed by atoms with van der Waals surface area (Å²) in [5.74, 6) is 0.914. The fourth-order valence-electron chi connectivity index (χ4n) is 4.55. The highest BCUT2D eigenvalue weighted by Crippen LogP contribution is 2.30. The van der Waals surface area contributed by atoms with Gasteiger partial charge in [0.1, 0.15) is 5.69 Å². The number of para-hydroxylation sites is 1. The Labute approximate surface area is 165 Å². The fraction of sp³-hybridized carbons (Fsp3) is 0.571. The molecule has 28 heavy (non-hydrogen) atoms. The molecule has 2 saturated heterocycles. The molecule has 1 aromatic carbocycles. The third-order valence-electron chi connectivity index (χ3n) is 6.03. The lowest BCUT2D eigenvalue weighted by Crippen LogP contribution is -2.47. The molecule has 1 atom stereocenters. The number of aromatic nitrogens is 1. The van der Waals surface area contributed by atoms with Gasteiger partial charge in [-0.3, -0.25) is 9.59 Å². The van der Waals surface area contributed by atoms with E-state index in [1.807, 2.05) is 29.2 Å². The number of nitrogens with zero attached hydrogens (tertiary/aromatic N) is 3. The minimum atomic E-state index is -0.250. The van der Waals surface area contributed by atoms with Gasteiger partial charge in [0.15, 0.2) is 5.58 Å². The maximum absolute atomic E-state index is 12.7.